The highest BCUT2D eigenvalue weighted by Gasteiger charge is 2.30. The number of rotatable bonds is 5. The van der Waals surface area contributed by atoms with Crippen LogP contribution in [0.4, 0.5) is 18.9 Å². The Morgan fingerprint density at radius 1 is 0.938 bits per heavy atom. The van der Waals surface area contributed by atoms with E-state index in [1.54, 1.807) is 41.3 Å². The lowest BCUT2D eigenvalue weighted by atomic mass is 10.00. The smallest absolute Gasteiger partial charge is 0.258 e. The molecular weight excluding hydrogens is 437 g/mol. The van der Waals surface area contributed by atoms with Gasteiger partial charge in [0.2, 0.25) is 0 Å². The minimum absolute atomic E-state index is 0.0522. The van der Waals surface area contributed by atoms with Crippen molar-refractivity contribution < 1.29 is 18.0 Å². The van der Waals surface area contributed by atoms with Crippen molar-refractivity contribution in [2.75, 3.05) is 18.0 Å². The van der Waals surface area contributed by atoms with Crippen molar-refractivity contribution in [3.05, 3.63) is 100 Å². The fourth-order valence-corrected chi connectivity index (χ4v) is 4.29. The lowest BCUT2D eigenvalue weighted by Crippen LogP contribution is -2.47. The number of likely N-dealkylation sites (tertiary alicyclic amines) is 1. The summed E-state index contributed by atoms with van der Waals surface area (Å²) in [6, 6.07) is 16.2. The highest BCUT2D eigenvalue weighted by molar-refractivity contribution is 6.31. The first kappa shape index (κ1) is 22.4. The van der Waals surface area contributed by atoms with E-state index in [9.17, 15) is 18.0 Å². The fraction of sp³-hybridized carbons (Fsp3) is 0.240. The van der Waals surface area contributed by atoms with Gasteiger partial charge in [-0.15, -0.1) is 0 Å². The van der Waals surface area contributed by atoms with Crippen LogP contribution in [0.25, 0.3) is 0 Å². The molecule has 0 bridgehead atoms. The molecule has 0 spiro atoms. The second-order valence-electron chi connectivity index (χ2n) is 7.87. The molecule has 0 atom stereocenters. The van der Waals surface area contributed by atoms with Crippen molar-refractivity contribution in [3.63, 3.8) is 0 Å². The van der Waals surface area contributed by atoms with E-state index in [1.165, 1.54) is 30.3 Å². The molecule has 3 nitrogen and oxygen atoms in total. The molecule has 166 valence electrons. The lowest BCUT2D eigenvalue weighted by Gasteiger charge is -2.38. The molecule has 1 aliphatic rings. The van der Waals surface area contributed by atoms with Crippen LogP contribution in [0.5, 0.6) is 0 Å². The Bertz CT molecular complexity index is 1080. The second-order valence-corrected chi connectivity index (χ2v) is 8.31. The zero-order chi connectivity index (χ0) is 22.7. The van der Waals surface area contributed by atoms with Crippen LogP contribution >= 0.6 is 11.6 Å². The number of hydrogen-bond donors (Lipinski definition) is 0. The molecule has 3 aromatic carbocycles. The van der Waals surface area contributed by atoms with E-state index < -0.39 is 11.6 Å². The maximum absolute atomic E-state index is 14.0. The molecule has 1 saturated heterocycles. The maximum atomic E-state index is 14.0. The molecule has 3 aromatic rings. The van der Waals surface area contributed by atoms with E-state index in [-0.39, 0.29) is 29.9 Å². The Morgan fingerprint density at radius 2 is 1.56 bits per heavy atom. The first-order valence-electron chi connectivity index (χ1n) is 10.4. The predicted octanol–water partition coefficient (Wildman–Crippen LogP) is 6.07. The molecule has 4 rings (SSSR count). The molecular formula is C25H22ClF3N2O. The van der Waals surface area contributed by atoms with E-state index in [2.05, 4.69) is 0 Å². The molecule has 0 saturated carbocycles. The van der Waals surface area contributed by atoms with Crippen molar-refractivity contribution in [2.24, 2.45) is 0 Å². The number of carbonyl (C=O) groups is 1. The topological polar surface area (TPSA) is 23.6 Å². The molecule has 1 fully saturated rings. The van der Waals surface area contributed by atoms with Crippen molar-refractivity contribution in [1.29, 1.82) is 0 Å². The van der Waals surface area contributed by atoms with Crippen LogP contribution in [-0.2, 0) is 6.54 Å². The minimum atomic E-state index is -0.559. The highest BCUT2D eigenvalue weighted by Crippen LogP contribution is 2.28. The average Bonchev–Trinajstić information content (AvgIpc) is 2.79. The zero-order valence-electron chi connectivity index (χ0n) is 17.3. The van der Waals surface area contributed by atoms with Gasteiger partial charge in [-0.05, 0) is 67.4 Å². The largest absolute Gasteiger partial charge is 0.305 e. The third kappa shape index (κ3) is 4.97. The molecule has 1 amide bonds. The quantitative estimate of drug-likeness (QED) is 0.463. The SMILES string of the molecule is O=C(c1cccc(Cl)c1)N(c1ccc(F)cc1)C1CCN(Cc2c(F)cccc2F)CC1. The first-order chi connectivity index (χ1) is 15.4. The van der Waals surface area contributed by atoms with Crippen LogP contribution in [0.2, 0.25) is 5.02 Å². The van der Waals surface area contributed by atoms with Gasteiger partial charge in [0.25, 0.3) is 5.91 Å². The van der Waals surface area contributed by atoms with Crippen molar-refractivity contribution in [2.45, 2.75) is 25.4 Å². The summed E-state index contributed by atoms with van der Waals surface area (Å²) in [5.41, 5.74) is 1.09. The maximum Gasteiger partial charge on any atom is 0.258 e. The number of hydrogen-bond acceptors (Lipinski definition) is 2. The van der Waals surface area contributed by atoms with Gasteiger partial charge in [-0.3, -0.25) is 9.69 Å². The molecule has 0 radical (unpaired) electrons. The van der Waals surface area contributed by atoms with E-state index in [0.717, 1.165) is 0 Å². The molecule has 1 heterocycles. The summed E-state index contributed by atoms with van der Waals surface area (Å²) in [5.74, 6) is -1.73. The van der Waals surface area contributed by atoms with Crippen LogP contribution in [0.3, 0.4) is 0 Å². The van der Waals surface area contributed by atoms with Crippen molar-refractivity contribution in [1.82, 2.24) is 4.90 Å². The Balaban J connectivity index is 1.53. The van der Waals surface area contributed by atoms with E-state index in [4.69, 9.17) is 11.6 Å². The van der Waals surface area contributed by atoms with Crippen molar-refractivity contribution >= 4 is 23.2 Å². The van der Waals surface area contributed by atoms with Gasteiger partial charge in [-0.1, -0.05) is 23.7 Å². The van der Waals surface area contributed by atoms with Crippen LogP contribution in [-0.4, -0.2) is 29.9 Å². The number of anilines is 1. The Hall–Kier alpha value is -2.83. The highest BCUT2D eigenvalue weighted by atomic mass is 35.5. The average molecular weight is 459 g/mol. The second kappa shape index (κ2) is 9.76. The third-order valence-corrected chi connectivity index (χ3v) is 6.00. The Morgan fingerprint density at radius 3 is 2.19 bits per heavy atom. The standard InChI is InChI=1S/C25H22ClF3N2O/c26-18-4-1-3-17(15-18)25(32)31(20-9-7-19(27)8-10-20)21-11-13-30(14-12-21)16-22-23(28)5-2-6-24(22)29/h1-10,15,21H,11-14,16H2. The number of amides is 1. The third-order valence-electron chi connectivity index (χ3n) is 5.76. The molecule has 1 aliphatic heterocycles. The summed E-state index contributed by atoms with van der Waals surface area (Å²) in [7, 11) is 0. The predicted molar refractivity (Wildman–Crippen MR) is 119 cm³/mol. The van der Waals surface area contributed by atoms with Gasteiger partial charge in [0.15, 0.2) is 0 Å². The van der Waals surface area contributed by atoms with Gasteiger partial charge in [0.1, 0.15) is 17.5 Å². The summed E-state index contributed by atoms with van der Waals surface area (Å²) in [4.78, 5) is 17.1. The Kier molecular flexibility index (Phi) is 6.82. The van der Waals surface area contributed by atoms with Gasteiger partial charge in [-0.25, -0.2) is 13.2 Å². The van der Waals surface area contributed by atoms with E-state index >= 15 is 0 Å². The molecule has 0 unspecified atom stereocenters. The van der Waals surface area contributed by atoms with Crippen LogP contribution in [0.15, 0.2) is 66.7 Å². The molecule has 7 heteroatoms. The zero-order valence-corrected chi connectivity index (χ0v) is 18.0. The minimum Gasteiger partial charge on any atom is -0.305 e. The number of benzene rings is 3. The van der Waals surface area contributed by atoms with E-state index in [1.807, 2.05) is 4.90 Å². The van der Waals surface area contributed by atoms with Crippen LogP contribution < -0.4 is 4.90 Å². The van der Waals surface area contributed by atoms with Crippen LogP contribution in [0, 0.1) is 17.5 Å². The lowest BCUT2D eigenvalue weighted by molar-refractivity contribution is 0.0958. The molecule has 0 aromatic heterocycles. The summed E-state index contributed by atoms with van der Waals surface area (Å²) in [6.07, 6.45) is 1.22. The van der Waals surface area contributed by atoms with Gasteiger partial charge in [0.05, 0.1) is 0 Å². The van der Waals surface area contributed by atoms with Gasteiger partial charge >= 0.3 is 0 Å². The normalized spacial score (nSPS) is 15.0. The number of halogens is 4. The summed E-state index contributed by atoms with van der Waals surface area (Å²) in [5, 5.41) is 0.455. The monoisotopic (exact) mass is 458 g/mol. The van der Waals surface area contributed by atoms with Crippen LogP contribution in [0.1, 0.15) is 28.8 Å². The molecule has 32 heavy (non-hydrogen) atoms. The number of carbonyl (C=O) groups excluding carboxylic acids is 1. The van der Waals surface area contributed by atoms with Gasteiger partial charge < -0.3 is 4.90 Å². The Labute approximate surface area is 190 Å². The van der Waals surface area contributed by atoms with Gasteiger partial charge in [0, 0.05) is 47.5 Å². The number of nitrogens with zero attached hydrogens (tertiary/aromatic N) is 2. The summed E-state index contributed by atoms with van der Waals surface area (Å²) in [6.45, 7) is 1.31. The van der Waals surface area contributed by atoms with Crippen molar-refractivity contribution in [3.8, 4) is 0 Å². The van der Waals surface area contributed by atoms with Gasteiger partial charge in [-0.2, -0.15) is 0 Å². The number of piperidine rings is 1. The summed E-state index contributed by atoms with van der Waals surface area (Å²) >= 11 is 6.08. The molecule has 0 aliphatic carbocycles. The fourth-order valence-electron chi connectivity index (χ4n) is 4.10. The molecule has 0 N–H and O–H groups in total. The summed E-state index contributed by atoms with van der Waals surface area (Å²) < 4.78 is 41.6. The van der Waals surface area contributed by atoms with E-state index in [0.29, 0.717) is 42.2 Å². The first-order valence-corrected chi connectivity index (χ1v) is 10.8.